The fourth-order valence-corrected chi connectivity index (χ4v) is 3.95. The van der Waals surface area contributed by atoms with E-state index < -0.39 is 0 Å². The molecule has 1 N–H and O–H groups in total. The Kier molecular flexibility index (Phi) is 10.6. The lowest BCUT2D eigenvalue weighted by Crippen LogP contribution is -2.27. The number of hydrogen-bond donors (Lipinski definition) is 1. The maximum absolute atomic E-state index is 6.29. The molecule has 0 aliphatic heterocycles. The van der Waals surface area contributed by atoms with Gasteiger partial charge in [-0.1, -0.05) is 59.0 Å². The van der Waals surface area contributed by atoms with Gasteiger partial charge in [0.1, 0.15) is 6.61 Å². The van der Waals surface area contributed by atoms with Crippen LogP contribution in [0.15, 0.2) is 34.8 Å². The highest BCUT2D eigenvalue weighted by Gasteiger charge is 2.15. The van der Waals surface area contributed by atoms with Gasteiger partial charge in [0.25, 0.3) is 0 Å². The minimum atomic E-state index is 0.331. The Hall–Kier alpha value is -0.980. The molecule has 160 valence electrons. The van der Waals surface area contributed by atoms with Gasteiger partial charge in [0.05, 0.1) is 7.11 Å². The highest BCUT2D eigenvalue weighted by molar-refractivity contribution is 9.10. The largest absolute Gasteiger partial charge is 0.493 e. The van der Waals surface area contributed by atoms with Crippen LogP contribution in [0.5, 0.6) is 11.5 Å². The van der Waals surface area contributed by atoms with Gasteiger partial charge in [-0.05, 0) is 56.9 Å². The second kappa shape index (κ2) is 12.7. The van der Waals surface area contributed by atoms with Gasteiger partial charge < -0.3 is 19.7 Å². The molecule has 0 atom stereocenters. The first kappa shape index (κ1) is 24.3. The Bertz CT molecular complexity index is 786. The standard InChI is InChI=1S/C22H29BrCl2N2O2/c1-4-27(5-2)12-6-11-26-14-18-19(23)9-10-21(28-3)22(18)29-15-16-7-8-17(24)13-20(16)25/h7-10,13,26H,4-6,11-12,14-15H2,1-3H3. The van der Waals surface area contributed by atoms with Crippen molar-refractivity contribution in [1.82, 2.24) is 10.2 Å². The number of nitrogens with one attached hydrogen (secondary N) is 1. The smallest absolute Gasteiger partial charge is 0.167 e. The van der Waals surface area contributed by atoms with E-state index in [0.717, 1.165) is 48.2 Å². The summed E-state index contributed by atoms with van der Waals surface area (Å²) in [7, 11) is 1.65. The molecule has 0 aliphatic rings. The number of benzene rings is 2. The summed E-state index contributed by atoms with van der Waals surface area (Å²) >= 11 is 15.9. The second-order valence-electron chi connectivity index (χ2n) is 6.64. The number of hydrogen-bond acceptors (Lipinski definition) is 4. The number of nitrogens with zero attached hydrogens (tertiary/aromatic N) is 1. The van der Waals surface area contributed by atoms with Crippen molar-refractivity contribution in [3.05, 3.63) is 56.0 Å². The van der Waals surface area contributed by atoms with Crippen molar-refractivity contribution in [2.24, 2.45) is 0 Å². The Balaban J connectivity index is 2.05. The molecular formula is C22H29BrCl2N2O2. The fourth-order valence-electron chi connectivity index (χ4n) is 3.04. The summed E-state index contributed by atoms with van der Waals surface area (Å²) < 4.78 is 12.7. The molecular weight excluding hydrogens is 475 g/mol. The lowest BCUT2D eigenvalue weighted by molar-refractivity contribution is 0.279. The monoisotopic (exact) mass is 502 g/mol. The van der Waals surface area contributed by atoms with Crippen LogP contribution in [-0.4, -0.2) is 38.2 Å². The van der Waals surface area contributed by atoms with Crippen LogP contribution in [0.3, 0.4) is 0 Å². The predicted octanol–water partition coefficient (Wildman–Crippen LogP) is 6.17. The Labute approximate surface area is 192 Å². The molecule has 0 spiro atoms. The number of rotatable bonds is 12. The van der Waals surface area contributed by atoms with Crippen LogP contribution in [0.1, 0.15) is 31.4 Å². The lowest BCUT2D eigenvalue weighted by Gasteiger charge is -2.19. The summed E-state index contributed by atoms with van der Waals surface area (Å²) in [5.74, 6) is 1.40. The maximum atomic E-state index is 6.29. The summed E-state index contributed by atoms with van der Waals surface area (Å²) in [6.45, 7) is 9.60. The first-order valence-corrected chi connectivity index (χ1v) is 11.4. The van der Waals surface area contributed by atoms with E-state index >= 15 is 0 Å². The van der Waals surface area contributed by atoms with Gasteiger partial charge in [-0.15, -0.1) is 0 Å². The molecule has 2 aromatic rings. The Morgan fingerprint density at radius 3 is 2.52 bits per heavy atom. The van der Waals surface area contributed by atoms with Crippen LogP contribution in [0.25, 0.3) is 0 Å². The van der Waals surface area contributed by atoms with E-state index in [-0.39, 0.29) is 0 Å². The Morgan fingerprint density at radius 2 is 1.86 bits per heavy atom. The lowest BCUT2D eigenvalue weighted by atomic mass is 10.1. The predicted molar refractivity (Wildman–Crippen MR) is 126 cm³/mol. The van der Waals surface area contributed by atoms with Crippen LogP contribution >= 0.6 is 39.1 Å². The van der Waals surface area contributed by atoms with Gasteiger partial charge in [-0.25, -0.2) is 0 Å². The van der Waals surface area contributed by atoms with Crippen molar-refractivity contribution < 1.29 is 9.47 Å². The third-order valence-electron chi connectivity index (χ3n) is 4.80. The SMILES string of the molecule is CCN(CC)CCCNCc1c(Br)ccc(OC)c1OCc1ccc(Cl)cc1Cl. The van der Waals surface area contributed by atoms with Crippen LogP contribution in [0.2, 0.25) is 10.0 Å². The van der Waals surface area contributed by atoms with Crippen molar-refractivity contribution in [1.29, 1.82) is 0 Å². The van der Waals surface area contributed by atoms with E-state index in [0.29, 0.717) is 34.7 Å². The van der Waals surface area contributed by atoms with Crippen molar-refractivity contribution in [3.63, 3.8) is 0 Å². The van der Waals surface area contributed by atoms with Gasteiger partial charge in [0, 0.05) is 32.2 Å². The molecule has 4 nitrogen and oxygen atoms in total. The number of ether oxygens (including phenoxy) is 2. The molecule has 2 rings (SSSR count). The van der Waals surface area contributed by atoms with E-state index in [2.05, 4.69) is 40.0 Å². The van der Waals surface area contributed by atoms with E-state index in [4.69, 9.17) is 32.7 Å². The fraction of sp³-hybridized carbons (Fsp3) is 0.455. The maximum Gasteiger partial charge on any atom is 0.167 e. The zero-order valence-corrected chi connectivity index (χ0v) is 20.3. The molecule has 7 heteroatoms. The van der Waals surface area contributed by atoms with Gasteiger partial charge in [-0.3, -0.25) is 0 Å². The molecule has 0 bridgehead atoms. The molecule has 0 aliphatic carbocycles. The average Bonchev–Trinajstić information content (AvgIpc) is 2.71. The molecule has 0 saturated heterocycles. The Morgan fingerprint density at radius 1 is 1.10 bits per heavy atom. The van der Waals surface area contributed by atoms with Crippen molar-refractivity contribution >= 4 is 39.1 Å². The molecule has 0 saturated carbocycles. The van der Waals surface area contributed by atoms with E-state index in [1.165, 1.54) is 0 Å². The third kappa shape index (κ3) is 7.34. The molecule has 0 fully saturated rings. The van der Waals surface area contributed by atoms with Gasteiger partial charge in [0.15, 0.2) is 11.5 Å². The van der Waals surface area contributed by atoms with Crippen LogP contribution in [0, 0.1) is 0 Å². The molecule has 0 radical (unpaired) electrons. The first-order valence-electron chi connectivity index (χ1n) is 9.85. The summed E-state index contributed by atoms with van der Waals surface area (Å²) in [5.41, 5.74) is 1.90. The normalized spacial score (nSPS) is 11.1. The quantitative estimate of drug-likeness (QED) is 0.351. The number of methoxy groups -OCH3 is 1. The summed E-state index contributed by atoms with van der Waals surface area (Å²) in [5, 5.41) is 4.71. The van der Waals surface area contributed by atoms with E-state index in [9.17, 15) is 0 Å². The summed E-state index contributed by atoms with van der Waals surface area (Å²) in [6, 6.07) is 9.28. The zero-order valence-electron chi connectivity index (χ0n) is 17.2. The van der Waals surface area contributed by atoms with Crippen LogP contribution in [0.4, 0.5) is 0 Å². The van der Waals surface area contributed by atoms with Gasteiger partial charge in [-0.2, -0.15) is 0 Å². The first-order chi connectivity index (χ1) is 14.0. The van der Waals surface area contributed by atoms with E-state index in [1.807, 2.05) is 24.3 Å². The molecule has 0 amide bonds. The molecule has 0 unspecified atom stereocenters. The van der Waals surface area contributed by atoms with Crippen molar-refractivity contribution in [3.8, 4) is 11.5 Å². The van der Waals surface area contributed by atoms with Crippen LogP contribution in [-0.2, 0) is 13.2 Å². The van der Waals surface area contributed by atoms with Gasteiger partial charge >= 0.3 is 0 Å². The van der Waals surface area contributed by atoms with Crippen molar-refractivity contribution in [2.75, 3.05) is 33.3 Å². The molecule has 0 heterocycles. The second-order valence-corrected chi connectivity index (χ2v) is 8.34. The highest BCUT2D eigenvalue weighted by Crippen LogP contribution is 2.37. The van der Waals surface area contributed by atoms with Crippen LogP contribution < -0.4 is 14.8 Å². The summed E-state index contributed by atoms with van der Waals surface area (Å²) in [6.07, 6.45) is 1.10. The van der Waals surface area contributed by atoms with E-state index in [1.54, 1.807) is 13.2 Å². The number of halogens is 3. The van der Waals surface area contributed by atoms with Gasteiger partial charge in [0.2, 0.25) is 0 Å². The zero-order chi connectivity index (χ0) is 21.2. The molecule has 0 aromatic heterocycles. The molecule has 29 heavy (non-hydrogen) atoms. The minimum absolute atomic E-state index is 0.331. The third-order valence-corrected chi connectivity index (χ3v) is 6.13. The molecule has 2 aromatic carbocycles. The minimum Gasteiger partial charge on any atom is -0.493 e. The van der Waals surface area contributed by atoms with Crippen molar-refractivity contribution in [2.45, 2.75) is 33.4 Å². The summed E-state index contributed by atoms with van der Waals surface area (Å²) in [4.78, 5) is 2.42. The topological polar surface area (TPSA) is 33.7 Å². The highest BCUT2D eigenvalue weighted by atomic mass is 79.9. The average molecular weight is 504 g/mol.